The van der Waals surface area contributed by atoms with Crippen molar-refractivity contribution in [2.24, 2.45) is 0 Å². The van der Waals surface area contributed by atoms with Crippen molar-refractivity contribution >= 4 is 34.8 Å². The van der Waals surface area contributed by atoms with Crippen LogP contribution in [0.3, 0.4) is 0 Å². The number of allylic oxidation sites excluding steroid dienone is 1. The normalized spacial score (nSPS) is 10.8. The van der Waals surface area contributed by atoms with E-state index in [2.05, 4.69) is 0 Å². The van der Waals surface area contributed by atoms with Crippen molar-refractivity contribution in [3.63, 3.8) is 0 Å². The lowest BCUT2D eigenvalue weighted by Gasteiger charge is -2.02. The second-order valence-corrected chi connectivity index (χ2v) is 5.54. The molecule has 2 rings (SSSR count). The molecule has 4 heteroatoms. The Kier molecular flexibility index (Phi) is 4.77. The van der Waals surface area contributed by atoms with Gasteiger partial charge in [-0.1, -0.05) is 11.6 Å². The highest BCUT2D eigenvalue weighted by Crippen LogP contribution is 2.22. The minimum absolute atomic E-state index is 0.0347. The Morgan fingerprint density at radius 1 is 1.26 bits per heavy atom. The Labute approximate surface area is 121 Å². The number of carbonyl (C=O) groups excluding carboxylic acids is 1. The molecule has 0 fully saturated rings. The monoisotopic (exact) mass is 292 g/mol. The van der Waals surface area contributed by atoms with Crippen LogP contribution >= 0.6 is 22.9 Å². The van der Waals surface area contributed by atoms with Gasteiger partial charge >= 0.3 is 0 Å². The van der Waals surface area contributed by atoms with Crippen LogP contribution in [0.2, 0.25) is 4.34 Å². The third-order valence-corrected chi connectivity index (χ3v) is 3.64. The number of ketones is 1. The highest BCUT2D eigenvalue weighted by atomic mass is 35.5. The number of benzene rings is 1. The summed E-state index contributed by atoms with van der Waals surface area (Å²) in [5, 5.41) is 0. The maximum absolute atomic E-state index is 11.9. The molecule has 0 spiro atoms. The van der Waals surface area contributed by atoms with Crippen LogP contribution < -0.4 is 4.74 Å². The predicted octanol–water partition coefficient (Wildman–Crippen LogP) is 4.70. The zero-order valence-electron chi connectivity index (χ0n) is 10.4. The first-order valence-corrected chi connectivity index (χ1v) is 7.09. The number of ether oxygens (including phenoxy) is 1. The Hall–Kier alpha value is -1.58. The molecule has 0 unspecified atom stereocenters. The summed E-state index contributed by atoms with van der Waals surface area (Å²) in [4.78, 5) is 12.9. The van der Waals surface area contributed by atoms with Gasteiger partial charge in [-0.25, -0.2) is 0 Å². The second kappa shape index (κ2) is 6.55. The maximum atomic E-state index is 11.9. The topological polar surface area (TPSA) is 26.3 Å². The van der Waals surface area contributed by atoms with Gasteiger partial charge in [0.15, 0.2) is 5.78 Å². The molecule has 0 amide bonds. The quantitative estimate of drug-likeness (QED) is 0.590. The standard InChI is InChI=1S/C15H13ClO2S/c1-2-18-12-5-3-11(4-6-12)14(17)9-7-13-8-10-15(16)19-13/h3-10H,2H2,1H3/b9-7+. The minimum atomic E-state index is -0.0347. The van der Waals surface area contributed by atoms with Crippen molar-refractivity contribution < 1.29 is 9.53 Å². The summed E-state index contributed by atoms with van der Waals surface area (Å²) in [5.74, 6) is 0.737. The summed E-state index contributed by atoms with van der Waals surface area (Å²) in [7, 11) is 0. The van der Waals surface area contributed by atoms with E-state index in [4.69, 9.17) is 16.3 Å². The molecule has 0 saturated heterocycles. The first kappa shape index (κ1) is 13.8. The van der Waals surface area contributed by atoms with Crippen LogP contribution in [0.25, 0.3) is 6.08 Å². The molecule has 1 aromatic heterocycles. The molecule has 0 aliphatic carbocycles. The lowest BCUT2D eigenvalue weighted by Crippen LogP contribution is -1.95. The Morgan fingerprint density at radius 2 is 2.00 bits per heavy atom. The smallest absolute Gasteiger partial charge is 0.185 e. The van der Waals surface area contributed by atoms with Crippen molar-refractivity contribution in [1.29, 1.82) is 0 Å². The van der Waals surface area contributed by atoms with E-state index in [0.29, 0.717) is 16.5 Å². The highest BCUT2D eigenvalue weighted by molar-refractivity contribution is 7.17. The van der Waals surface area contributed by atoms with Gasteiger partial charge in [0.1, 0.15) is 5.75 Å². The van der Waals surface area contributed by atoms with Gasteiger partial charge in [0, 0.05) is 10.4 Å². The molecule has 0 N–H and O–H groups in total. The van der Waals surface area contributed by atoms with Crippen LogP contribution in [0, 0.1) is 0 Å². The molecule has 0 aliphatic rings. The minimum Gasteiger partial charge on any atom is -0.494 e. The number of hydrogen-bond acceptors (Lipinski definition) is 3. The SMILES string of the molecule is CCOc1ccc(C(=O)/C=C/c2ccc(Cl)s2)cc1. The van der Waals surface area contributed by atoms with Gasteiger partial charge in [-0.2, -0.15) is 0 Å². The van der Waals surface area contributed by atoms with Gasteiger partial charge in [0.25, 0.3) is 0 Å². The number of thiophene rings is 1. The van der Waals surface area contributed by atoms with E-state index in [1.165, 1.54) is 11.3 Å². The van der Waals surface area contributed by atoms with Crippen LogP contribution in [0.4, 0.5) is 0 Å². The van der Waals surface area contributed by atoms with Crippen molar-refractivity contribution in [2.45, 2.75) is 6.92 Å². The fraction of sp³-hybridized carbons (Fsp3) is 0.133. The Balaban J connectivity index is 2.05. The Morgan fingerprint density at radius 3 is 2.58 bits per heavy atom. The van der Waals surface area contributed by atoms with E-state index in [-0.39, 0.29) is 5.78 Å². The lowest BCUT2D eigenvalue weighted by atomic mass is 10.1. The van der Waals surface area contributed by atoms with E-state index in [9.17, 15) is 4.79 Å². The van der Waals surface area contributed by atoms with Gasteiger partial charge in [-0.3, -0.25) is 4.79 Å². The van der Waals surface area contributed by atoms with E-state index in [1.54, 1.807) is 36.4 Å². The van der Waals surface area contributed by atoms with E-state index in [0.717, 1.165) is 10.6 Å². The molecule has 0 radical (unpaired) electrons. The number of halogens is 1. The number of hydrogen-bond donors (Lipinski definition) is 0. The van der Waals surface area contributed by atoms with E-state index in [1.807, 2.05) is 19.1 Å². The summed E-state index contributed by atoms with van der Waals surface area (Å²) < 4.78 is 6.05. The zero-order valence-corrected chi connectivity index (χ0v) is 12.0. The average Bonchev–Trinajstić information content (AvgIpc) is 2.83. The molecular formula is C15H13ClO2S. The molecule has 98 valence electrons. The summed E-state index contributed by atoms with van der Waals surface area (Å²) in [6.45, 7) is 2.54. The fourth-order valence-electron chi connectivity index (χ4n) is 1.55. The molecule has 0 saturated carbocycles. The van der Waals surface area contributed by atoms with Crippen LogP contribution in [-0.4, -0.2) is 12.4 Å². The van der Waals surface area contributed by atoms with Crippen LogP contribution in [0.15, 0.2) is 42.5 Å². The number of rotatable bonds is 5. The predicted molar refractivity (Wildman–Crippen MR) is 80.3 cm³/mol. The fourth-order valence-corrected chi connectivity index (χ4v) is 2.52. The zero-order chi connectivity index (χ0) is 13.7. The molecular weight excluding hydrogens is 280 g/mol. The molecule has 2 aromatic rings. The molecule has 0 bridgehead atoms. The summed E-state index contributed by atoms with van der Waals surface area (Å²) in [6.07, 6.45) is 3.33. The second-order valence-electron chi connectivity index (χ2n) is 3.80. The van der Waals surface area contributed by atoms with Crippen LogP contribution in [0.1, 0.15) is 22.2 Å². The van der Waals surface area contributed by atoms with Crippen LogP contribution in [0.5, 0.6) is 5.75 Å². The van der Waals surface area contributed by atoms with Gasteiger partial charge in [0.05, 0.1) is 10.9 Å². The van der Waals surface area contributed by atoms with Gasteiger partial charge in [-0.15, -0.1) is 11.3 Å². The molecule has 2 nitrogen and oxygen atoms in total. The van der Waals surface area contributed by atoms with Crippen molar-refractivity contribution in [3.8, 4) is 5.75 Å². The first-order chi connectivity index (χ1) is 9.19. The first-order valence-electron chi connectivity index (χ1n) is 5.89. The summed E-state index contributed by atoms with van der Waals surface area (Å²) in [6, 6.07) is 10.8. The van der Waals surface area contributed by atoms with Gasteiger partial charge in [-0.05, 0) is 55.5 Å². The van der Waals surface area contributed by atoms with Crippen LogP contribution in [-0.2, 0) is 0 Å². The third kappa shape index (κ3) is 3.94. The molecule has 0 atom stereocenters. The van der Waals surface area contributed by atoms with E-state index >= 15 is 0 Å². The van der Waals surface area contributed by atoms with Gasteiger partial charge in [0.2, 0.25) is 0 Å². The van der Waals surface area contributed by atoms with Crippen molar-refractivity contribution in [2.75, 3.05) is 6.61 Å². The average molecular weight is 293 g/mol. The van der Waals surface area contributed by atoms with E-state index < -0.39 is 0 Å². The molecule has 0 aliphatic heterocycles. The molecule has 1 aromatic carbocycles. The highest BCUT2D eigenvalue weighted by Gasteiger charge is 2.02. The lowest BCUT2D eigenvalue weighted by molar-refractivity contribution is 0.104. The molecule has 1 heterocycles. The Bertz CT molecular complexity index is 584. The number of carbonyl (C=O) groups is 1. The van der Waals surface area contributed by atoms with Crippen molar-refractivity contribution in [1.82, 2.24) is 0 Å². The summed E-state index contributed by atoms with van der Waals surface area (Å²) >= 11 is 7.27. The maximum Gasteiger partial charge on any atom is 0.185 e. The molecule has 19 heavy (non-hydrogen) atoms. The third-order valence-electron chi connectivity index (χ3n) is 2.44. The van der Waals surface area contributed by atoms with Gasteiger partial charge < -0.3 is 4.74 Å². The largest absolute Gasteiger partial charge is 0.494 e. The van der Waals surface area contributed by atoms with Crippen molar-refractivity contribution in [3.05, 3.63) is 57.3 Å². The summed E-state index contributed by atoms with van der Waals surface area (Å²) in [5.41, 5.74) is 0.641.